The minimum Gasteiger partial charge on any atom is -0.379 e. The maximum atomic E-state index is 13.2. The number of pyridine rings is 1. The van der Waals surface area contributed by atoms with E-state index in [2.05, 4.69) is 9.88 Å². The van der Waals surface area contributed by atoms with E-state index >= 15 is 0 Å². The van der Waals surface area contributed by atoms with Crippen molar-refractivity contribution in [2.24, 2.45) is 0 Å². The first-order valence-corrected chi connectivity index (χ1v) is 10.8. The molecule has 0 radical (unpaired) electrons. The summed E-state index contributed by atoms with van der Waals surface area (Å²) in [6.07, 6.45) is 4.18. The molecule has 1 aliphatic rings. The summed E-state index contributed by atoms with van der Waals surface area (Å²) in [7, 11) is -3.55. The summed E-state index contributed by atoms with van der Waals surface area (Å²) in [4.78, 5) is 6.69. The standard InChI is InChI=1S/C20H27N3O3S/c1-18-3-5-20(6-4-18)27(24,25)23(17-19-7-9-21-10-8-19)12-2-11-22-13-15-26-16-14-22/h3-10H,2,11-17H2,1H3. The second-order valence-corrected chi connectivity index (χ2v) is 8.75. The Labute approximate surface area is 161 Å². The Hall–Kier alpha value is -1.80. The third-order valence-electron chi connectivity index (χ3n) is 4.75. The van der Waals surface area contributed by atoms with Crippen molar-refractivity contribution in [1.82, 2.24) is 14.2 Å². The molecule has 0 spiro atoms. The van der Waals surface area contributed by atoms with Gasteiger partial charge >= 0.3 is 0 Å². The summed E-state index contributed by atoms with van der Waals surface area (Å²) in [6, 6.07) is 10.8. The second-order valence-electron chi connectivity index (χ2n) is 6.81. The molecule has 0 amide bonds. The molecule has 2 aromatic rings. The molecule has 3 rings (SSSR count). The highest BCUT2D eigenvalue weighted by molar-refractivity contribution is 7.89. The van der Waals surface area contributed by atoms with E-state index in [1.165, 1.54) is 0 Å². The van der Waals surface area contributed by atoms with Crippen molar-refractivity contribution in [1.29, 1.82) is 0 Å². The van der Waals surface area contributed by atoms with Crippen molar-refractivity contribution in [3.05, 3.63) is 59.9 Å². The zero-order chi connectivity index (χ0) is 19.1. The van der Waals surface area contributed by atoms with Crippen molar-refractivity contribution in [3.63, 3.8) is 0 Å². The highest BCUT2D eigenvalue weighted by atomic mass is 32.2. The highest BCUT2D eigenvalue weighted by Gasteiger charge is 2.24. The van der Waals surface area contributed by atoms with Crippen LogP contribution in [0.1, 0.15) is 17.5 Å². The number of aromatic nitrogens is 1. The Balaban J connectivity index is 1.72. The van der Waals surface area contributed by atoms with E-state index in [0.29, 0.717) is 18.0 Å². The fourth-order valence-electron chi connectivity index (χ4n) is 3.13. The number of rotatable bonds is 8. The molecule has 146 valence electrons. The fourth-order valence-corrected chi connectivity index (χ4v) is 4.60. The molecule has 27 heavy (non-hydrogen) atoms. The third kappa shape index (κ3) is 5.59. The summed E-state index contributed by atoms with van der Waals surface area (Å²) >= 11 is 0. The lowest BCUT2D eigenvalue weighted by molar-refractivity contribution is 0.0368. The summed E-state index contributed by atoms with van der Waals surface area (Å²) in [5, 5.41) is 0. The van der Waals surface area contributed by atoms with Gasteiger partial charge in [-0.25, -0.2) is 8.42 Å². The second kappa shape index (κ2) is 9.41. The molecule has 0 bridgehead atoms. The van der Waals surface area contributed by atoms with E-state index in [9.17, 15) is 8.42 Å². The van der Waals surface area contributed by atoms with Crippen molar-refractivity contribution < 1.29 is 13.2 Å². The Kier molecular flexibility index (Phi) is 6.95. The molecule has 1 aliphatic heterocycles. The average molecular weight is 390 g/mol. The van der Waals surface area contributed by atoms with Crippen LogP contribution in [-0.4, -0.2) is 62.0 Å². The SMILES string of the molecule is Cc1ccc(S(=O)(=O)N(CCCN2CCOCC2)Cc2ccncc2)cc1. The molecular formula is C20H27N3O3S. The lowest BCUT2D eigenvalue weighted by Crippen LogP contribution is -2.39. The fraction of sp³-hybridized carbons (Fsp3) is 0.450. The number of aryl methyl sites for hydroxylation is 1. The van der Waals surface area contributed by atoms with Crippen LogP contribution in [0.5, 0.6) is 0 Å². The number of nitrogens with zero attached hydrogens (tertiary/aromatic N) is 3. The Morgan fingerprint density at radius 1 is 1.07 bits per heavy atom. The number of morpholine rings is 1. The smallest absolute Gasteiger partial charge is 0.243 e. The normalized spacial score (nSPS) is 15.9. The molecule has 0 N–H and O–H groups in total. The van der Waals surface area contributed by atoms with Crippen LogP contribution in [0.25, 0.3) is 0 Å². The molecule has 1 aromatic heterocycles. The van der Waals surface area contributed by atoms with Gasteiger partial charge in [-0.15, -0.1) is 0 Å². The van der Waals surface area contributed by atoms with Crippen molar-refractivity contribution in [2.75, 3.05) is 39.4 Å². The minimum atomic E-state index is -3.55. The quantitative estimate of drug-likeness (QED) is 0.693. The Bertz CT molecular complexity index is 804. The van der Waals surface area contributed by atoms with Gasteiger partial charge in [-0.2, -0.15) is 4.31 Å². The average Bonchev–Trinajstić information content (AvgIpc) is 2.69. The number of hydrogen-bond acceptors (Lipinski definition) is 5. The number of benzene rings is 1. The molecule has 7 heteroatoms. The Morgan fingerprint density at radius 2 is 1.74 bits per heavy atom. The minimum absolute atomic E-state index is 0.341. The molecule has 1 aromatic carbocycles. The van der Waals surface area contributed by atoms with Gasteiger partial charge < -0.3 is 4.74 Å². The molecule has 0 aliphatic carbocycles. The van der Waals surface area contributed by atoms with Gasteiger partial charge in [0, 0.05) is 38.6 Å². The van der Waals surface area contributed by atoms with Gasteiger partial charge in [0.1, 0.15) is 0 Å². The van der Waals surface area contributed by atoms with Crippen LogP contribution in [0.3, 0.4) is 0 Å². The van der Waals surface area contributed by atoms with Crippen LogP contribution in [-0.2, 0) is 21.3 Å². The van der Waals surface area contributed by atoms with Gasteiger partial charge in [0.2, 0.25) is 10.0 Å². The maximum Gasteiger partial charge on any atom is 0.243 e. The summed E-state index contributed by atoms with van der Waals surface area (Å²) in [5.41, 5.74) is 1.98. The molecular weight excluding hydrogens is 362 g/mol. The molecule has 0 unspecified atom stereocenters. The van der Waals surface area contributed by atoms with Gasteiger partial charge in [0.05, 0.1) is 18.1 Å². The van der Waals surface area contributed by atoms with E-state index < -0.39 is 10.0 Å². The van der Waals surface area contributed by atoms with Crippen LogP contribution in [0.4, 0.5) is 0 Å². The van der Waals surface area contributed by atoms with Gasteiger partial charge in [0.15, 0.2) is 0 Å². The summed E-state index contributed by atoms with van der Waals surface area (Å²) in [5.74, 6) is 0. The predicted molar refractivity (Wildman–Crippen MR) is 105 cm³/mol. The molecule has 1 saturated heterocycles. The third-order valence-corrected chi connectivity index (χ3v) is 6.61. The lowest BCUT2D eigenvalue weighted by Gasteiger charge is -2.28. The van der Waals surface area contributed by atoms with Crippen molar-refractivity contribution >= 4 is 10.0 Å². The largest absolute Gasteiger partial charge is 0.379 e. The van der Waals surface area contributed by atoms with Crippen LogP contribution in [0.15, 0.2) is 53.7 Å². The highest BCUT2D eigenvalue weighted by Crippen LogP contribution is 2.19. The van der Waals surface area contributed by atoms with Crippen molar-refractivity contribution in [2.45, 2.75) is 24.8 Å². The zero-order valence-electron chi connectivity index (χ0n) is 15.8. The topological polar surface area (TPSA) is 62.7 Å². The molecule has 6 nitrogen and oxygen atoms in total. The maximum absolute atomic E-state index is 13.2. The van der Waals surface area contributed by atoms with Crippen LogP contribution >= 0.6 is 0 Å². The van der Waals surface area contributed by atoms with Gasteiger partial charge in [0.25, 0.3) is 0 Å². The van der Waals surface area contributed by atoms with E-state index in [1.807, 2.05) is 31.2 Å². The zero-order valence-corrected chi connectivity index (χ0v) is 16.6. The van der Waals surface area contributed by atoms with Gasteiger partial charge in [-0.05, 0) is 49.7 Å². The summed E-state index contributed by atoms with van der Waals surface area (Å²) in [6.45, 7) is 6.99. The first-order valence-electron chi connectivity index (χ1n) is 9.31. The first-order chi connectivity index (χ1) is 13.1. The number of hydrogen-bond donors (Lipinski definition) is 0. The van der Waals surface area contributed by atoms with Gasteiger partial charge in [-0.3, -0.25) is 9.88 Å². The molecule has 0 atom stereocenters. The monoisotopic (exact) mass is 389 g/mol. The molecule has 2 heterocycles. The van der Waals surface area contributed by atoms with Crippen LogP contribution in [0, 0.1) is 6.92 Å². The van der Waals surface area contributed by atoms with E-state index in [1.54, 1.807) is 28.8 Å². The van der Waals surface area contributed by atoms with E-state index in [4.69, 9.17) is 4.74 Å². The lowest BCUT2D eigenvalue weighted by atomic mass is 10.2. The first kappa shape index (κ1) is 19.9. The molecule has 1 fully saturated rings. The van der Waals surface area contributed by atoms with E-state index in [0.717, 1.165) is 50.4 Å². The van der Waals surface area contributed by atoms with Crippen LogP contribution in [0.2, 0.25) is 0 Å². The van der Waals surface area contributed by atoms with Gasteiger partial charge in [-0.1, -0.05) is 17.7 Å². The number of ether oxygens (including phenoxy) is 1. The molecule has 0 saturated carbocycles. The van der Waals surface area contributed by atoms with Crippen LogP contribution < -0.4 is 0 Å². The Morgan fingerprint density at radius 3 is 2.41 bits per heavy atom. The van der Waals surface area contributed by atoms with E-state index in [-0.39, 0.29) is 0 Å². The summed E-state index contributed by atoms with van der Waals surface area (Å²) < 4.78 is 33.4. The number of sulfonamides is 1. The van der Waals surface area contributed by atoms with Crippen molar-refractivity contribution in [3.8, 4) is 0 Å². The predicted octanol–water partition coefficient (Wildman–Crippen LogP) is 2.30.